The summed E-state index contributed by atoms with van der Waals surface area (Å²) in [5.41, 5.74) is 1.75. The van der Waals surface area contributed by atoms with Gasteiger partial charge in [-0.1, -0.05) is 18.9 Å². The fourth-order valence-corrected chi connectivity index (χ4v) is 4.17. The summed E-state index contributed by atoms with van der Waals surface area (Å²) in [6.45, 7) is 4.63. The molecule has 6 nitrogen and oxygen atoms in total. The highest BCUT2D eigenvalue weighted by Crippen LogP contribution is 2.44. The fraction of sp³-hybridized carbons (Fsp3) is 0.524. The number of hydrogen-bond acceptors (Lipinski definition) is 4. The highest BCUT2D eigenvalue weighted by molar-refractivity contribution is 5.88. The Kier molecular flexibility index (Phi) is 5.05. The molecule has 2 heterocycles. The lowest BCUT2D eigenvalue weighted by atomic mass is 9.77. The summed E-state index contributed by atoms with van der Waals surface area (Å²) in [5.74, 6) is 1.66. The molecule has 0 unspecified atom stereocenters. The van der Waals surface area contributed by atoms with Crippen molar-refractivity contribution >= 4 is 5.91 Å². The maximum atomic E-state index is 13.1. The van der Waals surface area contributed by atoms with Gasteiger partial charge in [-0.3, -0.25) is 9.48 Å². The third-order valence-corrected chi connectivity index (χ3v) is 5.60. The molecule has 6 heteroatoms. The first-order valence-corrected chi connectivity index (χ1v) is 9.85. The first-order valence-electron chi connectivity index (χ1n) is 9.85. The minimum absolute atomic E-state index is 0.133. The minimum Gasteiger partial charge on any atom is -0.486 e. The second-order valence-electron chi connectivity index (χ2n) is 7.54. The van der Waals surface area contributed by atoms with Crippen molar-refractivity contribution < 1.29 is 14.3 Å². The molecule has 0 spiro atoms. The lowest BCUT2D eigenvalue weighted by Crippen LogP contribution is -2.43. The number of aryl methyl sites for hydroxylation is 2. The van der Waals surface area contributed by atoms with E-state index in [1.807, 2.05) is 42.2 Å². The summed E-state index contributed by atoms with van der Waals surface area (Å²) in [5, 5.41) is 7.46. The van der Waals surface area contributed by atoms with Gasteiger partial charge in [-0.05, 0) is 49.4 Å². The number of amides is 1. The SMILES string of the molecule is Cc1cnn(CCCNC(=O)C2(c3ccc4c(c3)OCCO4)CCCC2)c1. The van der Waals surface area contributed by atoms with Crippen LogP contribution in [0.2, 0.25) is 0 Å². The molecule has 1 aromatic heterocycles. The summed E-state index contributed by atoms with van der Waals surface area (Å²) in [6, 6.07) is 5.98. The van der Waals surface area contributed by atoms with Gasteiger partial charge in [0.05, 0.1) is 11.6 Å². The third-order valence-electron chi connectivity index (χ3n) is 5.60. The molecule has 0 saturated heterocycles. The second-order valence-corrected chi connectivity index (χ2v) is 7.54. The summed E-state index contributed by atoms with van der Waals surface area (Å²) in [4.78, 5) is 13.1. The van der Waals surface area contributed by atoms with Crippen molar-refractivity contribution in [1.29, 1.82) is 0 Å². The van der Waals surface area contributed by atoms with Crippen LogP contribution in [-0.4, -0.2) is 35.4 Å². The van der Waals surface area contributed by atoms with Crippen molar-refractivity contribution in [1.82, 2.24) is 15.1 Å². The van der Waals surface area contributed by atoms with Gasteiger partial charge in [-0.2, -0.15) is 5.10 Å². The molecule has 1 aromatic carbocycles. The molecule has 1 saturated carbocycles. The van der Waals surface area contributed by atoms with Gasteiger partial charge in [-0.15, -0.1) is 0 Å². The number of carbonyl (C=O) groups excluding carboxylic acids is 1. The Morgan fingerprint density at radius 3 is 2.74 bits per heavy atom. The maximum Gasteiger partial charge on any atom is 0.230 e. The average Bonchev–Trinajstić information content (AvgIpc) is 3.35. The Morgan fingerprint density at radius 2 is 2.00 bits per heavy atom. The molecule has 1 amide bonds. The summed E-state index contributed by atoms with van der Waals surface area (Å²) >= 11 is 0. The predicted molar refractivity (Wildman–Crippen MR) is 102 cm³/mol. The number of ether oxygens (including phenoxy) is 2. The largest absolute Gasteiger partial charge is 0.486 e. The zero-order valence-electron chi connectivity index (χ0n) is 15.9. The monoisotopic (exact) mass is 369 g/mol. The van der Waals surface area contributed by atoms with E-state index in [4.69, 9.17) is 9.47 Å². The Balaban J connectivity index is 1.42. The third kappa shape index (κ3) is 3.66. The van der Waals surface area contributed by atoms with E-state index in [0.29, 0.717) is 19.8 Å². The van der Waals surface area contributed by atoms with Gasteiger partial charge in [0.25, 0.3) is 0 Å². The van der Waals surface area contributed by atoms with Crippen LogP contribution in [0.4, 0.5) is 0 Å². The first kappa shape index (κ1) is 17.9. The first-order chi connectivity index (χ1) is 13.2. The van der Waals surface area contributed by atoms with Gasteiger partial charge < -0.3 is 14.8 Å². The molecule has 2 aliphatic rings. The number of aromatic nitrogens is 2. The van der Waals surface area contributed by atoms with Crippen LogP contribution in [0.25, 0.3) is 0 Å². The molecular weight excluding hydrogens is 342 g/mol. The summed E-state index contributed by atoms with van der Waals surface area (Å²) < 4.78 is 13.3. The molecule has 27 heavy (non-hydrogen) atoms. The number of fused-ring (bicyclic) bond motifs is 1. The Morgan fingerprint density at radius 1 is 1.22 bits per heavy atom. The lowest BCUT2D eigenvalue weighted by molar-refractivity contribution is -0.126. The van der Waals surface area contributed by atoms with Crippen molar-refractivity contribution in [2.45, 2.75) is 51.0 Å². The van der Waals surface area contributed by atoms with E-state index in [0.717, 1.165) is 61.3 Å². The van der Waals surface area contributed by atoms with Gasteiger partial charge in [0.2, 0.25) is 5.91 Å². The van der Waals surface area contributed by atoms with Crippen molar-refractivity contribution in [3.8, 4) is 11.5 Å². The molecule has 1 fully saturated rings. The molecular formula is C21H27N3O3. The van der Waals surface area contributed by atoms with Crippen molar-refractivity contribution in [3.63, 3.8) is 0 Å². The van der Waals surface area contributed by atoms with E-state index in [9.17, 15) is 4.79 Å². The zero-order chi connectivity index (χ0) is 18.7. The van der Waals surface area contributed by atoms with Gasteiger partial charge >= 0.3 is 0 Å². The van der Waals surface area contributed by atoms with Gasteiger partial charge in [0, 0.05) is 19.3 Å². The van der Waals surface area contributed by atoms with Crippen LogP contribution in [0.15, 0.2) is 30.6 Å². The van der Waals surface area contributed by atoms with Gasteiger partial charge in [0.1, 0.15) is 13.2 Å². The highest BCUT2D eigenvalue weighted by atomic mass is 16.6. The Hall–Kier alpha value is -2.50. The van der Waals surface area contributed by atoms with Crippen LogP contribution in [0.3, 0.4) is 0 Å². The molecule has 144 valence electrons. The molecule has 0 atom stereocenters. The quantitative estimate of drug-likeness (QED) is 0.795. The standard InChI is InChI=1S/C21H27N3O3/c1-16-14-23-24(15-16)10-4-9-22-20(25)21(7-2-3-8-21)17-5-6-18-19(13-17)27-12-11-26-18/h5-6,13-15H,2-4,7-12H2,1H3,(H,22,25). The fourth-order valence-electron chi connectivity index (χ4n) is 4.17. The van der Waals surface area contributed by atoms with Crippen LogP contribution in [0.1, 0.15) is 43.2 Å². The number of nitrogens with one attached hydrogen (secondary N) is 1. The Labute approximate surface area is 159 Å². The van der Waals surface area contributed by atoms with Crippen molar-refractivity contribution in [2.75, 3.05) is 19.8 Å². The van der Waals surface area contributed by atoms with E-state index in [-0.39, 0.29) is 5.91 Å². The molecule has 4 rings (SSSR count). The van der Waals surface area contributed by atoms with E-state index in [2.05, 4.69) is 10.4 Å². The summed E-state index contributed by atoms with van der Waals surface area (Å²) in [6.07, 6.45) is 8.67. The van der Waals surface area contributed by atoms with Gasteiger partial charge in [-0.25, -0.2) is 0 Å². The lowest BCUT2D eigenvalue weighted by Gasteiger charge is -2.30. The van der Waals surface area contributed by atoms with Crippen LogP contribution in [0.5, 0.6) is 11.5 Å². The summed E-state index contributed by atoms with van der Waals surface area (Å²) in [7, 11) is 0. The van der Waals surface area contributed by atoms with Crippen molar-refractivity contribution in [2.24, 2.45) is 0 Å². The van der Waals surface area contributed by atoms with Gasteiger partial charge in [0.15, 0.2) is 11.5 Å². The molecule has 1 aliphatic heterocycles. The number of hydrogen-bond donors (Lipinski definition) is 1. The molecule has 0 bridgehead atoms. The smallest absolute Gasteiger partial charge is 0.230 e. The van der Waals surface area contributed by atoms with Crippen LogP contribution in [-0.2, 0) is 16.8 Å². The topological polar surface area (TPSA) is 65.4 Å². The molecule has 1 N–H and O–H groups in total. The minimum atomic E-state index is -0.446. The molecule has 0 radical (unpaired) electrons. The van der Waals surface area contributed by atoms with Crippen LogP contribution < -0.4 is 14.8 Å². The Bertz CT molecular complexity index is 809. The van der Waals surface area contributed by atoms with E-state index < -0.39 is 5.41 Å². The number of carbonyl (C=O) groups is 1. The highest BCUT2D eigenvalue weighted by Gasteiger charge is 2.43. The van der Waals surface area contributed by atoms with Crippen LogP contribution in [0, 0.1) is 6.92 Å². The van der Waals surface area contributed by atoms with Crippen LogP contribution >= 0.6 is 0 Å². The molecule has 2 aromatic rings. The average molecular weight is 369 g/mol. The van der Waals surface area contributed by atoms with Crippen molar-refractivity contribution in [3.05, 3.63) is 41.7 Å². The van der Waals surface area contributed by atoms with E-state index in [1.165, 1.54) is 0 Å². The maximum absolute atomic E-state index is 13.1. The number of benzene rings is 1. The van der Waals surface area contributed by atoms with E-state index >= 15 is 0 Å². The number of nitrogens with zero attached hydrogens (tertiary/aromatic N) is 2. The second kappa shape index (κ2) is 7.62. The number of rotatable bonds is 6. The normalized spacial score (nSPS) is 17.7. The molecule has 1 aliphatic carbocycles. The van der Waals surface area contributed by atoms with E-state index in [1.54, 1.807) is 0 Å². The zero-order valence-corrected chi connectivity index (χ0v) is 15.9. The predicted octanol–water partition coefficient (Wildman–Crippen LogP) is 2.98.